The van der Waals surface area contributed by atoms with Gasteiger partial charge in [-0.15, -0.1) is 0 Å². The number of hydrogen-bond acceptors (Lipinski definition) is 4. The number of benzene rings is 1. The second kappa shape index (κ2) is 6.35. The number of rotatable bonds is 7. The van der Waals surface area contributed by atoms with Gasteiger partial charge in [0.15, 0.2) is 0 Å². The van der Waals surface area contributed by atoms with Crippen molar-refractivity contribution in [3.05, 3.63) is 29.8 Å². The van der Waals surface area contributed by atoms with Crippen molar-refractivity contribution >= 4 is 10.0 Å². The smallest absolute Gasteiger partial charge is 0.243 e. The molecule has 0 unspecified atom stereocenters. The zero-order chi connectivity index (χ0) is 14.6. The highest BCUT2D eigenvalue weighted by Crippen LogP contribution is 2.32. The Bertz CT molecular complexity index is 586. The molecule has 0 heterocycles. The second-order valence-electron chi connectivity index (χ2n) is 4.91. The lowest BCUT2D eigenvalue weighted by molar-refractivity contribution is 0.275. The molecule has 20 heavy (non-hydrogen) atoms. The number of hydrogen-bond donors (Lipinski definition) is 1. The highest BCUT2D eigenvalue weighted by molar-refractivity contribution is 7.89. The normalized spacial score (nSPS) is 15.2. The molecule has 2 rings (SSSR count). The van der Waals surface area contributed by atoms with Crippen molar-refractivity contribution in [1.29, 1.82) is 5.26 Å². The monoisotopic (exact) mass is 294 g/mol. The summed E-state index contributed by atoms with van der Waals surface area (Å²) in [6, 6.07) is 8.07. The van der Waals surface area contributed by atoms with E-state index in [1.54, 1.807) is 0 Å². The number of aliphatic hydroxyl groups is 1. The average Bonchev–Trinajstić information content (AvgIpc) is 3.28. The number of aliphatic hydroxyl groups excluding tert-OH is 1. The van der Waals surface area contributed by atoms with Crippen LogP contribution in [0.25, 0.3) is 0 Å². The van der Waals surface area contributed by atoms with Crippen LogP contribution < -0.4 is 0 Å². The Kier molecular flexibility index (Phi) is 4.76. The molecule has 1 saturated carbocycles. The SMILES string of the molecule is N#Cc1ccc(S(=O)(=O)N(CCCCO)C2CC2)cc1. The summed E-state index contributed by atoms with van der Waals surface area (Å²) in [6.07, 6.45) is 3.05. The maximum atomic E-state index is 12.6. The van der Waals surface area contributed by atoms with Crippen molar-refractivity contribution in [3.8, 4) is 6.07 Å². The van der Waals surface area contributed by atoms with Crippen LogP contribution in [0.1, 0.15) is 31.2 Å². The second-order valence-corrected chi connectivity index (χ2v) is 6.80. The van der Waals surface area contributed by atoms with E-state index in [4.69, 9.17) is 10.4 Å². The van der Waals surface area contributed by atoms with E-state index in [-0.39, 0.29) is 17.5 Å². The van der Waals surface area contributed by atoms with Gasteiger partial charge in [0.1, 0.15) is 0 Å². The van der Waals surface area contributed by atoms with Crippen molar-refractivity contribution in [1.82, 2.24) is 4.31 Å². The standard InChI is InChI=1S/C14H18N2O3S/c15-11-12-3-7-14(8-4-12)20(18,19)16(13-5-6-13)9-1-2-10-17/h3-4,7-8,13,17H,1-2,5-6,9-10H2. The van der Waals surface area contributed by atoms with Gasteiger partial charge in [-0.05, 0) is 49.9 Å². The molecule has 1 fully saturated rings. The van der Waals surface area contributed by atoms with Crippen molar-refractivity contribution in [2.75, 3.05) is 13.2 Å². The highest BCUT2D eigenvalue weighted by Gasteiger charge is 2.37. The molecule has 1 N–H and O–H groups in total. The van der Waals surface area contributed by atoms with Crippen LogP contribution in [-0.2, 0) is 10.0 Å². The molecule has 1 aliphatic carbocycles. The van der Waals surface area contributed by atoms with Gasteiger partial charge in [-0.25, -0.2) is 8.42 Å². The summed E-state index contributed by atoms with van der Waals surface area (Å²) < 4.78 is 26.7. The van der Waals surface area contributed by atoms with Gasteiger partial charge in [0.25, 0.3) is 0 Å². The molecule has 1 aromatic rings. The molecular weight excluding hydrogens is 276 g/mol. The molecule has 0 radical (unpaired) electrons. The van der Waals surface area contributed by atoms with Gasteiger partial charge in [0, 0.05) is 19.2 Å². The lowest BCUT2D eigenvalue weighted by atomic mass is 10.2. The topological polar surface area (TPSA) is 81.4 Å². The van der Waals surface area contributed by atoms with E-state index in [1.807, 2.05) is 6.07 Å². The Labute approximate surface area is 119 Å². The first kappa shape index (κ1) is 15.0. The maximum Gasteiger partial charge on any atom is 0.243 e. The summed E-state index contributed by atoms with van der Waals surface area (Å²) in [4.78, 5) is 0.229. The zero-order valence-corrected chi connectivity index (χ0v) is 12.0. The van der Waals surface area contributed by atoms with Gasteiger partial charge < -0.3 is 5.11 Å². The molecule has 108 valence electrons. The van der Waals surface area contributed by atoms with Crippen molar-refractivity contribution in [2.45, 2.75) is 36.6 Å². The molecule has 1 aromatic carbocycles. The largest absolute Gasteiger partial charge is 0.396 e. The van der Waals surface area contributed by atoms with Gasteiger partial charge >= 0.3 is 0 Å². The van der Waals surface area contributed by atoms with Crippen LogP contribution in [0, 0.1) is 11.3 Å². The van der Waals surface area contributed by atoms with Crippen LogP contribution in [0.2, 0.25) is 0 Å². The fraction of sp³-hybridized carbons (Fsp3) is 0.500. The molecule has 0 bridgehead atoms. The minimum atomic E-state index is -3.50. The van der Waals surface area contributed by atoms with E-state index in [0.717, 1.165) is 12.8 Å². The van der Waals surface area contributed by atoms with Gasteiger partial charge in [0.05, 0.1) is 16.5 Å². The Morgan fingerprint density at radius 2 is 1.90 bits per heavy atom. The Balaban J connectivity index is 2.18. The molecule has 0 saturated heterocycles. The van der Waals surface area contributed by atoms with Crippen LogP contribution in [-0.4, -0.2) is 37.0 Å². The lowest BCUT2D eigenvalue weighted by Gasteiger charge is -2.21. The summed E-state index contributed by atoms with van der Waals surface area (Å²) in [5.74, 6) is 0. The maximum absolute atomic E-state index is 12.6. The number of sulfonamides is 1. The molecule has 0 atom stereocenters. The van der Waals surface area contributed by atoms with Crippen LogP contribution in [0.5, 0.6) is 0 Å². The molecule has 1 aliphatic rings. The molecule has 0 aromatic heterocycles. The van der Waals surface area contributed by atoms with E-state index >= 15 is 0 Å². The molecule has 0 spiro atoms. The Morgan fingerprint density at radius 1 is 1.25 bits per heavy atom. The van der Waals surface area contributed by atoms with Gasteiger partial charge in [-0.1, -0.05) is 0 Å². The van der Waals surface area contributed by atoms with E-state index < -0.39 is 10.0 Å². The van der Waals surface area contributed by atoms with E-state index in [9.17, 15) is 8.42 Å². The minimum Gasteiger partial charge on any atom is -0.396 e. The van der Waals surface area contributed by atoms with Gasteiger partial charge in [0.2, 0.25) is 10.0 Å². The summed E-state index contributed by atoms with van der Waals surface area (Å²) >= 11 is 0. The summed E-state index contributed by atoms with van der Waals surface area (Å²) in [7, 11) is -3.50. The average molecular weight is 294 g/mol. The zero-order valence-electron chi connectivity index (χ0n) is 11.2. The van der Waals surface area contributed by atoms with Crippen LogP contribution >= 0.6 is 0 Å². The quantitative estimate of drug-likeness (QED) is 0.772. The van der Waals surface area contributed by atoms with Crippen LogP contribution in [0.15, 0.2) is 29.2 Å². The van der Waals surface area contributed by atoms with Gasteiger partial charge in [-0.2, -0.15) is 9.57 Å². The first-order chi connectivity index (χ1) is 9.59. The van der Waals surface area contributed by atoms with Crippen molar-refractivity contribution in [3.63, 3.8) is 0 Å². The Morgan fingerprint density at radius 3 is 2.40 bits per heavy atom. The molecule has 0 amide bonds. The minimum absolute atomic E-state index is 0.0788. The van der Waals surface area contributed by atoms with E-state index in [2.05, 4.69) is 0 Å². The first-order valence-electron chi connectivity index (χ1n) is 6.72. The van der Waals surface area contributed by atoms with Crippen molar-refractivity contribution in [2.24, 2.45) is 0 Å². The van der Waals surface area contributed by atoms with E-state index in [1.165, 1.54) is 28.6 Å². The number of unbranched alkanes of at least 4 members (excludes halogenated alkanes) is 1. The Hall–Kier alpha value is -1.42. The van der Waals surface area contributed by atoms with E-state index in [0.29, 0.717) is 24.9 Å². The lowest BCUT2D eigenvalue weighted by Crippen LogP contribution is -2.34. The summed E-state index contributed by atoms with van der Waals surface area (Å²) in [5.41, 5.74) is 0.446. The molecule has 6 heteroatoms. The number of nitrogens with zero attached hydrogens (tertiary/aromatic N) is 2. The molecular formula is C14H18N2O3S. The fourth-order valence-corrected chi connectivity index (χ4v) is 3.80. The fourth-order valence-electron chi connectivity index (χ4n) is 2.08. The van der Waals surface area contributed by atoms with Crippen LogP contribution in [0.4, 0.5) is 0 Å². The molecule has 0 aliphatic heterocycles. The molecule has 5 nitrogen and oxygen atoms in total. The third kappa shape index (κ3) is 3.37. The predicted molar refractivity (Wildman–Crippen MR) is 74.4 cm³/mol. The highest BCUT2D eigenvalue weighted by atomic mass is 32.2. The number of nitriles is 1. The predicted octanol–water partition coefficient (Wildman–Crippen LogP) is 1.48. The van der Waals surface area contributed by atoms with Crippen LogP contribution in [0.3, 0.4) is 0 Å². The van der Waals surface area contributed by atoms with Crippen molar-refractivity contribution < 1.29 is 13.5 Å². The van der Waals surface area contributed by atoms with Gasteiger partial charge in [-0.3, -0.25) is 0 Å². The summed E-state index contributed by atoms with van der Waals surface area (Å²) in [5, 5.41) is 17.6. The third-order valence-electron chi connectivity index (χ3n) is 3.33. The summed E-state index contributed by atoms with van der Waals surface area (Å²) in [6.45, 7) is 0.517. The first-order valence-corrected chi connectivity index (χ1v) is 8.16. The third-order valence-corrected chi connectivity index (χ3v) is 5.30.